The van der Waals surface area contributed by atoms with E-state index in [9.17, 15) is 8.78 Å². The number of fused-ring (bicyclic) bond motifs is 1. The van der Waals surface area contributed by atoms with Crippen molar-refractivity contribution in [2.75, 3.05) is 52.4 Å². The second-order valence-electron chi connectivity index (χ2n) is 7.75. The van der Waals surface area contributed by atoms with E-state index in [4.69, 9.17) is 19.2 Å². The Morgan fingerprint density at radius 1 is 1.09 bits per heavy atom. The fourth-order valence-electron chi connectivity index (χ4n) is 3.90. The molecule has 6 nitrogen and oxygen atoms in total. The first kappa shape index (κ1) is 22.2. The fourth-order valence-corrected chi connectivity index (χ4v) is 3.90. The summed E-state index contributed by atoms with van der Waals surface area (Å²) in [6, 6.07) is 15.0. The first-order valence-corrected chi connectivity index (χ1v) is 10.5. The molecule has 0 amide bonds. The van der Waals surface area contributed by atoms with Gasteiger partial charge in [-0.15, -0.1) is 0 Å². The fraction of sp³-hybridized carbons (Fsp3) is 0.375. The molecule has 1 aliphatic heterocycles. The molecule has 32 heavy (non-hydrogen) atoms. The van der Waals surface area contributed by atoms with E-state index >= 15 is 0 Å². The van der Waals surface area contributed by atoms with Gasteiger partial charge in [0.1, 0.15) is 24.2 Å². The van der Waals surface area contributed by atoms with Crippen LogP contribution in [0, 0.1) is 0 Å². The van der Waals surface area contributed by atoms with E-state index in [0.29, 0.717) is 29.3 Å². The van der Waals surface area contributed by atoms with E-state index < -0.39 is 18.6 Å². The van der Waals surface area contributed by atoms with Crippen LogP contribution in [0.1, 0.15) is 0 Å². The highest BCUT2D eigenvalue weighted by Crippen LogP contribution is 2.38. The van der Waals surface area contributed by atoms with Crippen molar-refractivity contribution in [2.24, 2.45) is 0 Å². The Kier molecular flexibility index (Phi) is 6.43. The molecule has 0 unspecified atom stereocenters. The van der Waals surface area contributed by atoms with E-state index in [1.165, 1.54) is 7.11 Å². The molecule has 1 saturated heterocycles. The minimum absolute atomic E-state index is 0.103. The molecule has 3 aromatic rings. The van der Waals surface area contributed by atoms with E-state index in [-0.39, 0.29) is 6.54 Å². The Bertz CT molecular complexity index is 1080. The molecule has 0 aliphatic carbocycles. The third kappa shape index (κ3) is 4.47. The summed E-state index contributed by atoms with van der Waals surface area (Å²) in [5.41, 5.74) is 2.93. The molecule has 2 heterocycles. The Morgan fingerprint density at radius 2 is 1.84 bits per heavy atom. The van der Waals surface area contributed by atoms with Crippen molar-refractivity contribution in [3.63, 3.8) is 0 Å². The summed E-state index contributed by atoms with van der Waals surface area (Å²) in [7, 11) is 4.78. The maximum Gasteiger partial charge on any atom is 0.292 e. The van der Waals surface area contributed by atoms with Crippen LogP contribution in [0.5, 0.6) is 11.5 Å². The molecular formula is C24H27F2N3O3. The number of hydrogen-bond donors (Lipinski definition) is 1. The lowest BCUT2D eigenvalue weighted by Crippen LogP contribution is -2.33. The standard InChI is InChI=1S/C24H27F2N3O3/c1-27-10-11-32-17-6-4-16(5-7-17)20-13-22(29-14-23(31-3)24(25,26)15-29)19-9-8-18(30-2)12-21(19)28-20/h4-9,12-13,23,27H,10-11,14-15H2,1-3H3/t23-/m0/s1. The minimum Gasteiger partial charge on any atom is -0.497 e. The van der Waals surface area contributed by atoms with Gasteiger partial charge in [-0.25, -0.2) is 13.8 Å². The van der Waals surface area contributed by atoms with Gasteiger partial charge >= 0.3 is 0 Å². The number of likely N-dealkylation sites (N-methyl/N-ethyl adjacent to an activating group) is 1. The number of anilines is 1. The summed E-state index contributed by atoms with van der Waals surface area (Å²) in [5, 5.41) is 3.82. The monoisotopic (exact) mass is 443 g/mol. The van der Waals surface area contributed by atoms with Crippen LogP contribution in [0.2, 0.25) is 0 Å². The van der Waals surface area contributed by atoms with Crippen molar-refractivity contribution in [3.05, 3.63) is 48.5 Å². The van der Waals surface area contributed by atoms with Crippen molar-refractivity contribution in [1.29, 1.82) is 0 Å². The summed E-state index contributed by atoms with van der Waals surface area (Å²) in [5.74, 6) is -1.51. The molecule has 2 aromatic carbocycles. The molecule has 4 rings (SSSR count). The van der Waals surface area contributed by atoms with E-state index in [1.54, 1.807) is 12.0 Å². The Hall–Kier alpha value is -2.97. The highest BCUT2D eigenvalue weighted by atomic mass is 19.3. The lowest BCUT2D eigenvalue weighted by molar-refractivity contribution is -0.0889. The van der Waals surface area contributed by atoms with Crippen LogP contribution >= 0.6 is 0 Å². The molecule has 1 aromatic heterocycles. The molecule has 1 N–H and O–H groups in total. The predicted molar refractivity (Wildman–Crippen MR) is 121 cm³/mol. The maximum absolute atomic E-state index is 14.4. The van der Waals surface area contributed by atoms with Crippen molar-refractivity contribution in [1.82, 2.24) is 10.3 Å². The van der Waals surface area contributed by atoms with Crippen LogP contribution in [-0.2, 0) is 4.74 Å². The second-order valence-corrected chi connectivity index (χ2v) is 7.75. The number of methoxy groups -OCH3 is 2. The number of rotatable bonds is 8. The zero-order valence-electron chi connectivity index (χ0n) is 18.4. The SMILES string of the molecule is CNCCOc1ccc(-c2cc(N3C[C@H](OC)C(F)(F)C3)c3ccc(OC)cc3n2)cc1. The van der Waals surface area contributed by atoms with Crippen LogP contribution in [0.4, 0.5) is 14.5 Å². The summed E-state index contributed by atoms with van der Waals surface area (Å²) in [6.07, 6.45) is -1.15. The first-order valence-electron chi connectivity index (χ1n) is 10.5. The number of nitrogens with zero attached hydrogens (tertiary/aromatic N) is 2. The van der Waals surface area contributed by atoms with Gasteiger partial charge in [0.25, 0.3) is 5.92 Å². The summed E-state index contributed by atoms with van der Waals surface area (Å²) in [6.45, 7) is 1.01. The number of hydrogen-bond acceptors (Lipinski definition) is 6. The van der Waals surface area contributed by atoms with Crippen LogP contribution in [0.25, 0.3) is 22.2 Å². The minimum atomic E-state index is -2.93. The maximum atomic E-state index is 14.4. The number of halogens is 2. The van der Waals surface area contributed by atoms with Gasteiger partial charge in [-0.05, 0) is 49.5 Å². The van der Waals surface area contributed by atoms with Crippen molar-refractivity contribution in [2.45, 2.75) is 12.0 Å². The smallest absolute Gasteiger partial charge is 0.292 e. The van der Waals surface area contributed by atoms with Gasteiger partial charge in [0.2, 0.25) is 0 Å². The Morgan fingerprint density at radius 3 is 2.50 bits per heavy atom. The van der Waals surface area contributed by atoms with Crippen molar-refractivity contribution >= 4 is 16.6 Å². The molecule has 8 heteroatoms. The topological polar surface area (TPSA) is 55.9 Å². The third-order valence-corrected chi connectivity index (χ3v) is 5.65. The number of nitrogens with one attached hydrogen (secondary N) is 1. The first-order chi connectivity index (χ1) is 15.4. The van der Waals surface area contributed by atoms with Crippen LogP contribution in [-0.4, -0.2) is 64.5 Å². The zero-order chi connectivity index (χ0) is 22.7. The quantitative estimate of drug-likeness (QED) is 0.532. The molecule has 170 valence electrons. The molecule has 0 bridgehead atoms. The Labute approximate surface area is 186 Å². The number of aromatic nitrogens is 1. The average molecular weight is 443 g/mol. The van der Waals surface area contributed by atoms with Gasteiger partial charge in [0.15, 0.2) is 0 Å². The third-order valence-electron chi connectivity index (χ3n) is 5.65. The molecule has 0 spiro atoms. The van der Waals surface area contributed by atoms with Crippen LogP contribution in [0.3, 0.4) is 0 Å². The van der Waals surface area contributed by atoms with Gasteiger partial charge in [0.05, 0.1) is 31.4 Å². The number of alkyl halides is 2. The summed E-state index contributed by atoms with van der Waals surface area (Å²) < 4.78 is 45.0. The van der Waals surface area contributed by atoms with E-state index in [1.807, 2.05) is 55.6 Å². The molecule has 1 fully saturated rings. The highest BCUT2D eigenvalue weighted by Gasteiger charge is 2.49. The van der Waals surface area contributed by atoms with Crippen LogP contribution < -0.4 is 19.7 Å². The molecule has 1 aliphatic rings. The molecular weight excluding hydrogens is 416 g/mol. The normalized spacial score (nSPS) is 17.7. The second kappa shape index (κ2) is 9.26. The van der Waals surface area contributed by atoms with Gasteiger partial charge in [-0.2, -0.15) is 0 Å². The number of pyridine rings is 1. The zero-order valence-corrected chi connectivity index (χ0v) is 18.4. The summed E-state index contributed by atoms with van der Waals surface area (Å²) in [4.78, 5) is 6.46. The Balaban J connectivity index is 1.74. The van der Waals surface area contributed by atoms with E-state index in [2.05, 4.69) is 5.32 Å². The number of ether oxygens (including phenoxy) is 3. The van der Waals surface area contributed by atoms with Crippen LogP contribution in [0.15, 0.2) is 48.5 Å². The average Bonchev–Trinajstić information content (AvgIpc) is 3.12. The lowest BCUT2D eigenvalue weighted by Gasteiger charge is -2.21. The van der Waals surface area contributed by atoms with Gasteiger partial charge in [-0.3, -0.25) is 0 Å². The van der Waals surface area contributed by atoms with Crippen molar-refractivity contribution < 1.29 is 23.0 Å². The van der Waals surface area contributed by atoms with Gasteiger partial charge in [0, 0.05) is 36.4 Å². The highest BCUT2D eigenvalue weighted by molar-refractivity contribution is 5.95. The van der Waals surface area contributed by atoms with Gasteiger partial charge < -0.3 is 24.4 Å². The lowest BCUT2D eigenvalue weighted by atomic mass is 10.1. The molecule has 1 atom stereocenters. The van der Waals surface area contributed by atoms with Crippen molar-refractivity contribution in [3.8, 4) is 22.8 Å². The summed E-state index contributed by atoms with van der Waals surface area (Å²) >= 11 is 0. The molecule has 0 saturated carbocycles. The predicted octanol–water partition coefficient (Wildman–Crippen LogP) is 3.98. The largest absolute Gasteiger partial charge is 0.497 e. The van der Waals surface area contributed by atoms with Gasteiger partial charge in [-0.1, -0.05) is 0 Å². The molecule has 0 radical (unpaired) electrons. The van der Waals surface area contributed by atoms with E-state index in [0.717, 1.165) is 23.2 Å². The number of benzene rings is 2.